The van der Waals surface area contributed by atoms with E-state index in [1.54, 1.807) is 4.90 Å². The van der Waals surface area contributed by atoms with E-state index in [0.29, 0.717) is 13.0 Å². The number of carbonyl (C=O) groups excluding carboxylic acids is 2. The zero-order valence-corrected chi connectivity index (χ0v) is 15.7. The SMILES string of the molecule is O=C1C2Cc3c([nH]c4ccccc34)CN2C(=O)CN1C1CCCCCCC1. The van der Waals surface area contributed by atoms with Gasteiger partial charge in [0.15, 0.2) is 0 Å². The van der Waals surface area contributed by atoms with Crippen molar-refractivity contribution in [3.05, 3.63) is 35.5 Å². The summed E-state index contributed by atoms with van der Waals surface area (Å²) in [5, 5.41) is 1.19. The van der Waals surface area contributed by atoms with Gasteiger partial charge in [-0.15, -0.1) is 0 Å². The van der Waals surface area contributed by atoms with E-state index in [-0.39, 0.29) is 30.4 Å². The fraction of sp³-hybridized carbons (Fsp3) is 0.545. The van der Waals surface area contributed by atoms with Crippen LogP contribution in [0.15, 0.2) is 24.3 Å². The van der Waals surface area contributed by atoms with E-state index >= 15 is 0 Å². The number of nitrogens with zero attached hydrogens (tertiary/aromatic N) is 2. The topological polar surface area (TPSA) is 56.4 Å². The van der Waals surface area contributed by atoms with Crippen molar-refractivity contribution in [2.75, 3.05) is 6.54 Å². The van der Waals surface area contributed by atoms with E-state index in [9.17, 15) is 9.59 Å². The molecule has 1 saturated heterocycles. The minimum absolute atomic E-state index is 0.103. The van der Waals surface area contributed by atoms with E-state index in [2.05, 4.69) is 17.1 Å². The summed E-state index contributed by atoms with van der Waals surface area (Å²) in [6, 6.07) is 8.15. The quantitative estimate of drug-likeness (QED) is 0.842. The minimum Gasteiger partial charge on any atom is -0.357 e. The summed E-state index contributed by atoms with van der Waals surface area (Å²) >= 11 is 0. The Balaban J connectivity index is 1.44. The van der Waals surface area contributed by atoms with E-state index < -0.39 is 0 Å². The molecule has 1 saturated carbocycles. The predicted octanol–water partition coefficient (Wildman–Crippen LogP) is 3.38. The van der Waals surface area contributed by atoms with Crippen LogP contribution in [0, 0.1) is 0 Å². The second-order valence-corrected chi connectivity index (χ2v) is 8.33. The van der Waals surface area contributed by atoms with E-state index in [4.69, 9.17) is 0 Å². The van der Waals surface area contributed by atoms with Gasteiger partial charge < -0.3 is 14.8 Å². The summed E-state index contributed by atoms with van der Waals surface area (Å²) in [6.07, 6.45) is 8.87. The molecular formula is C22H27N3O2. The zero-order chi connectivity index (χ0) is 18.4. The monoisotopic (exact) mass is 365 g/mol. The molecule has 2 aromatic rings. The number of aromatic nitrogens is 1. The fourth-order valence-electron chi connectivity index (χ4n) is 5.25. The van der Waals surface area contributed by atoms with Gasteiger partial charge in [-0.3, -0.25) is 9.59 Å². The number of benzene rings is 1. The number of carbonyl (C=O) groups is 2. The van der Waals surface area contributed by atoms with Gasteiger partial charge in [-0.2, -0.15) is 0 Å². The molecule has 5 rings (SSSR count). The third-order valence-corrected chi connectivity index (χ3v) is 6.71. The number of piperazine rings is 1. The summed E-state index contributed by atoms with van der Waals surface area (Å²) in [5.74, 6) is 0.266. The highest BCUT2D eigenvalue weighted by Gasteiger charge is 2.44. The van der Waals surface area contributed by atoms with Gasteiger partial charge in [-0.1, -0.05) is 50.3 Å². The molecule has 1 aliphatic carbocycles. The smallest absolute Gasteiger partial charge is 0.246 e. The molecule has 5 nitrogen and oxygen atoms in total. The highest BCUT2D eigenvalue weighted by Crippen LogP contribution is 2.34. The molecule has 2 aliphatic heterocycles. The van der Waals surface area contributed by atoms with Crippen LogP contribution in [0.5, 0.6) is 0 Å². The molecule has 1 aromatic heterocycles. The molecule has 3 aliphatic rings. The number of para-hydroxylation sites is 1. The molecule has 3 heterocycles. The van der Waals surface area contributed by atoms with Crippen LogP contribution >= 0.6 is 0 Å². The highest BCUT2D eigenvalue weighted by atomic mass is 16.2. The molecule has 1 aromatic carbocycles. The van der Waals surface area contributed by atoms with Gasteiger partial charge in [-0.25, -0.2) is 0 Å². The van der Waals surface area contributed by atoms with E-state index in [0.717, 1.165) is 24.1 Å². The Morgan fingerprint density at radius 1 is 0.889 bits per heavy atom. The molecule has 1 atom stereocenters. The second-order valence-electron chi connectivity index (χ2n) is 8.33. The maximum Gasteiger partial charge on any atom is 0.246 e. The molecule has 142 valence electrons. The van der Waals surface area contributed by atoms with Gasteiger partial charge >= 0.3 is 0 Å². The van der Waals surface area contributed by atoms with E-state index in [1.165, 1.54) is 43.1 Å². The Kier molecular flexibility index (Phi) is 4.18. The number of rotatable bonds is 1. The van der Waals surface area contributed by atoms with Gasteiger partial charge in [0, 0.05) is 29.1 Å². The van der Waals surface area contributed by atoms with Crippen molar-refractivity contribution < 1.29 is 9.59 Å². The van der Waals surface area contributed by atoms with Crippen molar-refractivity contribution in [1.29, 1.82) is 0 Å². The van der Waals surface area contributed by atoms with Crippen molar-refractivity contribution in [2.24, 2.45) is 0 Å². The first-order valence-electron chi connectivity index (χ1n) is 10.4. The summed E-state index contributed by atoms with van der Waals surface area (Å²) < 4.78 is 0. The van der Waals surface area contributed by atoms with Crippen molar-refractivity contribution in [1.82, 2.24) is 14.8 Å². The Morgan fingerprint density at radius 2 is 1.63 bits per heavy atom. The van der Waals surface area contributed by atoms with Crippen LogP contribution < -0.4 is 0 Å². The lowest BCUT2D eigenvalue weighted by atomic mass is 9.90. The molecule has 1 N–H and O–H groups in total. The maximum atomic E-state index is 13.4. The van der Waals surface area contributed by atoms with Gasteiger partial charge in [0.25, 0.3) is 0 Å². The molecule has 5 heteroatoms. The summed E-state index contributed by atoms with van der Waals surface area (Å²) in [5.41, 5.74) is 3.40. The van der Waals surface area contributed by atoms with Gasteiger partial charge in [-0.05, 0) is 24.5 Å². The number of nitrogens with one attached hydrogen (secondary N) is 1. The Bertz CT molecular complexity index is 879. The lowest BCUT2D eigenvalue weighted by Gasteiger charge is -2.45. The van der Waals surface area contributed by atoms with Crippen LogP contribution in [-0.4, -0.2) is 45.2 Å². The number of hydrogen-bond acceptors (Lipinski definition) is 2. The van der Waals surface area contributed by atoms with Crippen LogP contribution in [0.4, 0.5) is 0 Å². The number of fused-ring (bicyclic) bond motifs is 4. The molecule has 1 unspecified atom stereocenters. The van der Waals surface area contributed by atoms with Crippen molar-refractivity contribution >= 4 is 22.7 Å². The van der Waals surface area contributed by atoms with Crippen LogP contribution in [-0.2, 0) is 22.6 Å². The maximum absolute atomic E-state index is 13.4. The van der Waals surface area contributed by atoms with Crippen molar-refractivity contribution in [3.63, 3.8) is 0 Å². The normalized spacial score (nSPS) is 24.5. The molecule has 0 spiro atoms. The predicted molar refractivity (Wildman–Crippen MR) is 104 cm³/mol. The minimum atomic E-state index is -0.330. The first-order valence-corrected chi connectivity index (χ1v) is 10.4. The Morgan fingerprint density at radius 3 is 2.44 bits per heavy atom. The molecule has 0 radical (unpaired) electrons. The molecule has 27 heavy (non-hydrogen) atoms. The largest absolute Gasteiger partial charge is 0.357 e. The standard InChI is InChI=1S/C22H27N3O2/c26-21-14-24(15-8-4-2-1-3-5-9-15)22(27)20-12-17-16-10-6-7-11-18(16)23-19(17)13-25(20)21/h6-7,10-11,15,20,23H,1-5,8-9,12-14H2. The number of H-pyrrole nitrogens is 1. The summed E-state index contributed by atoms with van der Waals surface area (Å²) in [4.78, 5) is 33.5. The van der Waals surface area contributed by atoms with Gasteiger partial charge in [0.2, 0.25) is 11.8 Å². The number of amides is 2. The third kappa shape index (κ3) is 2.84. The Labute approximate surface area is 159 Å². The Hall–Kier alpha value is -2.30. The lowest BCUT2D eigenvalue weighted by Crippen LogP contribution is -2.63. The fourth-order valence-corrected chi connectivity index (χ4v) is 5.25. The first-order chi connectivity index (χ1) is 13.2. The number of aromatic amines is 1. The summed E-state index contributed by atoms with van der Waals surface area (Å²) in [6.45, 7) is 0.785. The van der Waals surface area contributed by atoms with Crippen LogP contribution in [0.25, 0.3) is 10.9 Å². The van der Waals surface area contributed by atoms with Gasteiger partial charge in [0.05, 0.1) is 6.54 Å². The molecule has 2 fully saturated rings. The molecule has 0 bridgehead atoms. The van der Waals surface area contributed by atoms with Crippen LogP contribution in [0.2, 0.25) is 0 Å². The first kappa shape index (κ1) is 16.8. The second kappa shape index (κ2) is 6.70. The van der Waals surface area contributed by atoms with Crippen LogP contribution in [0.3, 0.4) is 0 Å². The number of hydrogen-bond donors (Lipinski definition) is 1. The third-order valence-electron chi connectivity index (χ3n) is 6.71. The van der Waals surface area contributed by atoms with Crippen molar-refractivity contribution in [3.8, 4) is 0 Å². The molecule has 2 amide bonds. The average molecular weight is 365 g/mol. The summed E-state index contributed by atoms with van der Waals surface area (Å²) in [7, 11) is 0. The van der Waals surface area contributed by atoms with Gasteiger partial charge in [0.1, 0.15) is 12.6 Å². The highest BCUT2D eigenvalue weighted by molar-refractivity contribution is 5.97. The lowest BCUT2D eigenvalue weighted by molar-refractivity contribution is -0.159. The van der Waals surface area contributed by atoms with Crippen molar-refractivity contribution in [2.45, 2.75) is 70.0 Å². The van der Waals surface area contributed by atoms with Crippen LogP contribution in [0.1, 0.15) is 56.2 Å². The molecular weight excluding hydrogens is 338 g/mol. The zero-order valence-electron chi connectivity index (χ0n) is 15.7. The van der Waals surface area contributed by atoms with E-state index in [1.807, 2.05) is 17.0 Å². The average Bonchev–Trinajstić information content (AvgIpc) is 3.01.